The van der Waals surface area contributed by atoms with Crippen LogP contribution in [-0.4, -0.2) is 24.2 Å². The van der Waals surface area contributed by atoms with Crippen LogP contribution in [0.25, 0.3) is 0 Å². The van der Waals surface area contributed by atoms with Gasteiger partial charge in [-0.05, 0) is 50.5 Å². The van der Waals surface area contributed by atoms with Crippen LogP contribution in [0, 0.1) is 0 Å². The van der Waals surface area contributed by atoms with Gasteiger partial charge >= 0.3 is 12.1 Å². The van der Waals surface area contributed by atoms with Crippen molar-refractivity contribution in [3.05, 3.63) is 70.7 Å². The van der Waals surface area contributed by atoms with Gasteiger partial charge in [0, 0.05) is 11.6 Å². The molecule has 6 heteroatoms. The van der Waals surface area contributed by atoms with E-state index < -0.39 is 17.6 Å². The SMILES string of the molecule is CC(C)(C)OC(=O)NCCC(C(=O)OCc1ccccc1)c1ccc(Cl)cc1. The standard InChI is InChI=1S/C22H26ClNO4/c1-22(2,3)28-21(26)24-14-13-19(17-9-11-18(23)12-10-17)20(25)27-15-16-7-5-4-6-8-16/h4-12,19H,13-15H2,1-3H3,(H,24,26). The highest BCUT2D eigenvalue weighted by Crippen LogP contribution is 2.23. The molecule has 0 aliphatic rings. The molecule has 0 fully saturated rings. The number of hydrogen-bond acceptors (Lipinski definition) is 4. The van der Waals surface area contributed by atoms with Crippen molar-refractivity contribution in [1.29, 1.82) is 0 Å². The number of alkyl carbamates (subject to hydrolysis) is 1. The van der Waals surface area contributed by atoms with Crippen LogP contribution >= 0.6 is 11.6 Å². The monoisotopic (exact) mass is 403 g/mol. The first-order chi connectivity index (χ1) is 13.2. The Morgan fingerprint density at radius 1 is 1.04 bits per heavy atom. The van der Waals surface area contributed by atoms with E-state index in [1.54, 1.807) is 45.0 Å². The summed E-state index contributed by atoms with van der Waals surface area (Å²) < 4.78 is 10.7. The lowest BCUT2D eigenvalue weighted by molar-refractivity contribution is -0.147. The maximum absolute atomic E-state index is 12.7. The zero-order valence-electron chi connectivity index (χ0n) is 16.4. The molecule has 1 atom stereocenters. The zero-order valence-corrected chi connectivity index (χ0v) is 17.2. The minimum Gasteiger partial charge on any atom is -0.460 e. The minimum atomic E-state index is -0.575. The lowest BCUT2D eigenvalue weighted by Gasteiger charge is -2.21. The fourth-order valence-corrected chi connectivity index (χ4v) is 2.70. The van der Waals surface area contributed by atoms with E-state index in [0.29, 0.717) is 11.4 Å². The van der Waals surface area contributed by atoms with Crippen LogP contribution in [0.15, 0.2) is 54.6 Å². The van der Waals surface area contributed by atoms with Crippen molar-refractivity contribution >= 4 is 23.7 Å². The van der Waals surface area contributed by atoms with Gasteiger partial charge in [-0.1, -0.05) is 54.1 Å². The molecule has 1 N–H and O–H groups in total. The van der Waals surface area contributed by atoms with Crippen LogP contribution in [0.1, 0.15) is 44.2 Å². The number of benzene rings is 2. The normalized spacial score (nSPS) is 12.1. The van der Waals surface area contributed by atoms with Gasteiger partial charge in [0.25, 0.3) is 0 Å². The van der Waals surface area contributed by atoms with Crippen LogP contribution in [0.2, 0.25) is 5.02 Å². The van der Waals surface area contributed by atoms with Crippen molar-refractivity contribution < 1.29 is 19.1 Å². The van der Waals surface area contributed by atoms with Gasteiger partial charge in [-0.3, -0.25) is 4.79 Å². The number of carbonyl (C=O) groups is 2. The predicted molar refractivity (Wildman–Crippen MR) is 109 cm³/mol. The molecule has 0 bridgehead atoms. The molecule has 150 valence electrons. The summed E-state index contributed by atoms with van der Waals surface area (Å²) in [6.07, 6.45) is -0.130. The number of carbonyl (C=O) groups excluding carboxylic acids is 2. The molecule has 2 aromatic carbocycles. The summed E-state index contributed by atoms with van der Waals surface area (Å²) in [5, 5.41) is 3.27. The van der Waals surface area contributed by atoms with Crippen molar-refractivity contribution in [3.63, 3.8) is 0 Å². The van der Waals surface area contributed by atoms with Crippen LogP contribution < -0.4 is 5.32 Å². The maximum atomic E-state index is 12.7. The quantitative estimate of drug-likeness (QED) is 0.654. The van der Waals surface area contributed by atoms with E-state index >= 15 is 0 Å². The number of rotatable bonds is 7. The van der Waals surface area contributed by atoms with Crippen molar-refractivity contribution in [2.75, 3.05) is 6.54 Å². The van der Waals surface area contributed by atoms with Crippen LogP contribution in [0.3, 0.4) is 0 Å². The van der Waals surface area contributed by atoms with E-state index in [-0.39, 0.29) is 19.1 Å². The summed E-state index contributed by atoms with van der Waals surface area (Å²) >= 11 is 5.95. The van der Waals surface area contributed by atoms with Gasteiger partial charge in [0.2, 0.25) is 0 Å². The lowest BCUT2D eigenvalue weighted by atomic mass is 9.96. The fourth-order valence-electron chi connectivity index (χ4n) is 2.58. The second kappa shape index (κ2) is 10.1. The van der Waals surface area contributed by atoms with Gasteiger partial charge in [-0.25, -0.2) is 4.79 Å². The topological polar surface area (TPSA) is 64.6 Å². The Labute approximate surface area is 171 Å². The van der Waals surface area contributed by atoms with E-state index in [1.807, 2.05) is 30.3 Å². The molecule has 28 heavy (non-hydrogen) atoms. The molecule has 2 aromatic rings. The molecule has 0 aromatic heterocycles. The van der Waals surface area contributed by atoms with Crippen molar-refractivity contribution in [2.24, 2.45) is 0 Å². The first-order valence-corrected chi connectivity index (χ1v) is 9.55. The molecule has 0 aliphatic heterocycles. The van der Waals surface area contributed by atoms with Crippen molar-refractivity contribution in [2.45, 2.75) is 45.3 Å². The lowest BCUT2D eigenvalue weighted by Crippen LogP contribution is -2.34. The Morgan fingerprint density at radius 3 is 2.29 bits per heavy atom. The highest BCUT2D eigenvalue weighted by Gasteiger charge is 2.23. The molecule has 2 rings (SSSR count). The van der Waals surface area contributed by atoms with Gasteiger partial charge in [0.1, 0.15) is 12.2 Å². The maximum Gasteiger partial charge on any atom is 0.407 e. The average molecular weight is 404 g/mol. The summed E-state index contributed by atoms with van der Waals surface area (Å²) in [6.45, 7) is 5.87. The minimum absolute atomic E-state index is 0.198. The summed E-state index contributed by atoms with van der Waals surface area (Å²) in [6, 6.07) is 16.5. The van der Waals surface area contributed by atoms with Crippen LogP contribution in [0.5, 0.6) is 0 Å². The smallest absolute Gasteiger partial charge is 0.407 e. The van der Waals surface area contributed by atoms with Gasteiger partial charge in [0.15, 0.2) is 0 Å². The van der Waals surface area contributed by atoms with E-state index in [9.17, 15) is 9.59 Å². The Bertz CT molecular complexity index is 769. The number of esters is 1. The second-order valence-electron chi connectivity index (χ2n) is 7.41. The Kier molecular flexibility index (Phi) is 7.88. The number of hydrogen-bond donors (Lipinski definition) is 1. The first kappa shape index (κ1) is 21.8. The van der Waals surface area contributed by atoms with Crippen molar-refractivity contribution in [3.8, 4) is 0 Å². The number of amides is 1. The van der Waals surface area contributed by atoms with Crippen LogP contribution in [-0.2, 0) is 20.9 Å². The summed E-state index contributed by atoms with van der Waals surface area (Å²) in [4.78, 5) is 24.5. The molecule has 0 heterocycles. The molecular formula is C22H26ClNO4. The van der Waals surface area contributed by atoms with Gasteiger partial charge in [-0.2, -0.15) is 0 Å². The predicted octanol–water partition coefficient (Wildman–Crippen LogP) is 5.08. The first-order valence-electron chi connectivity index (χ1n) is 9.17. The van der Waals surface area contributed by atoms with E-state index in [2.05, 4.69) is 5.32 Å². The summed E-state index contributed by atoms with van der Waals surface area (Å²) in [7, 11) is 0. The average Bonchev–Trinajstić information content (AvgIpc) is 2.64. The largest absolute Gasteiger partial charge is 0.460 e. The third kappa shape index (κ3) is 7.61. The number of halogens is 1. The summed E-state index contributed by atoms with van der Waals surface area (Å²) in [5.41, 5.74) is 1.12. The number of nitrogens with one attached hydrogen (secondary N) is 1. The third-order valence-electron chi connectivity index (χ3n) is 3.88. The highest BCUT2D eigenvalue weighted by atomic mass is 35.5. The van der Waals surface area contributed by atoms with Gasteiger partial charge in [0.05, 0.1) is 5.92 Å². The van der Waals surface area contributed by atoms with E-state index in [4.69, 9.17) is 21.1 Å². The molecule has 5 nitrogen and oxygen atoms in total. The molecular weight excluding hydrogens is 378 g/mol. The molecule has 0 saturated carbocycles. The fraction of sp³-hybridized carbons (Fsp3) is 0.364. The van der Waals surface area contributed by atoms with E-state index in [1.165, 1.54) is 0 Å². The molecule has 0 saturated heterocycles. The Balaban J connectivity index is 1.99. The van der Waals surface area contributed by atoms with Gasteiger partial charge in [-0.15, -0.1) is 0 Å². The number of ether oxygens (including phenoxy) is 2. The molecule has 1 amide bonds. The highest BCUT2D eigenvalue weighted by molar-refractivity contribution is 6.30. The zero-order chi connectivity index (χ0) is 20.6. The third-order valence-corrected chi connectivity index (χ3v) is 4.13. The second-order valence-corrected chi connectivity index (χ2v) is 7.85. The van der Waals surface area contributed by atoms with Gasteiger partial charge < -0.3 is 14.8 Å². The molecule has 1 unspecified atom stereocenters. The summed E-state index contributed by atoms with van der Waals surface area (Å²) in [5.74, 6) is -0.868. The van der Waals surface area contributed by atoms with Crippen LogP contribution in [0.4, 0.5) is 4.79 Å². The molecule has 0 radical (unpaired) electrons. The molecule has 0 spiro atoms. The Hall–Kier alpha value is -2.53. The van der Waals surface area contributed by atoms with E-state index in [0.717, 1.165) is 11.1 Å². The Morgan fingerprint density at radius 2 is 1.68 bits per heavy atom. The van der Waals surface area contributed by atoms with Crippen molar-refractivity contribution in [1.82, 2.24) is 5.32 Å². The molecule has 0 aliphatic carbocycles.